The van der Waals surface area contributed by atoms with Gasteiger partial charge in [-0.2, -0.15) is 0 Å². The van der Waals surface area contributed by atoms with Gasteiger partial charge in [-0.3, -0.25) is 9.10 Å². The number of amides is 1. The zero-order valence-corrected chi connectivity index (χ0v) is 18.6. The fraction of sp³-hybridized carbons (Fsp3) is 0.208. The third kappa shape index (κ3) is 5.64. The van der Waals surface area contributed by atoms with Gasteiger partial charge in [-0.15, -0.1) is 0 Å². The highest BCUT2D eigenvalue weighted by molar-refractivity contribution is 7.92. The molecule has 1 unspecified atom stereocenters. The molecule has 7 heteroatoms. The van der Waals surface area contributed by atoms with E-state index in [1.54, 1.807) is 54.6 Å². The Morgan fingerprint density at radius 2 is 1.58 bits per heavy atom. The standard InChI is InChI=1S/C24H26N2O4S/c1-18-9-15-22(16-10-18)30-17-19(2)25-24(27)20-11-13-21(14-12-20)26(3)31(28,29)23-7-5-4-6-8-23/h4-16,19H,17H2,1-3H3,(H,25,27). The van der Waals surface area contributed by atoms with Gasteiger partial charge >= 0.3 is 0 Å². The van der Waals surface area contributed by atoms with Crippen LogP contribution in [-0.4, -0.2) is 34.0 Å². The quantitative estimate of drug-likeness (QED) is 0.576. The first-order valence-electron chi connectivity index (χ1n) is 9.92. The molecule has 1 amide bonds. The van der Waals surface area contributed by atoms with Crippen LogP contribution in [0.4, 0.5) is 5.69 Å². The summed E-state index contributed by atoms with van der Waals surface area (Å²) < 4.78 is 32.4. The molecule has 3 aromatic carbocycles. The first-order chi connectivity index (χ1) is 14.8. The van der Waals surface area contributed by atoms with E-state index in [0.717, 1.165) is 11.3 Å². The average Bonchev–Trinajstić information content (AvgIpc) is 2.79. The van der Waals surface area contributed by atoms with Gasteiger partial charge in [0, 0.05) is 12.6 Å². The van der Waals surface area contributed by atoms with Crippen LogP contribution < -0.4 is 14.4 Å². The lowest BCUT2D eigenvalue weighted by Gasteiger charge is -2.20. The number of ether oxygens (including phenoxy) is 1. The molecular weight excluding hydrogens is 412 g/mol. The number of nitrogens with zero attached hydrogens (tertiary/aromatic N) is 1. The smallest absolute Gasteiger partial charge is 0.264 e. The van der Waals surface area contributed by atoms with Crippen molar-refractivity contribution in [3.8, 4) is 5.75 Å². The van der Waals surface area contributed by atoms with Gasteiger partial charge in [0.2, 0.25) is 0 Å². The van der Waals surface area contributed by atoms with Gasteiger partial charge in [-0.1, -0.05) is 35.9 Å². The van der Waals surface area contributed by atoms with Gasteiger partial charge in [-0.25, -0.2) is 8.42 Å². The molecule has 31 heavy (non-hydrogen) atoms. The van der Waals surface area contributed by atoms with Crippen molar-refractivity contribution in [3.63, 3.8) is 0 Å². The molecule has 0 fully saturated rings. The van der Waals surface area contributed by atoms with E-state index in [4.69, 9.17) is 4.74 Å². The van der Waals surface area contributed by atoms with Gasteiger partial charge in [0.1, 0.15) is 12.4 Å². The molecule has 6 nitrogen and oxygen atoms in total. The van der Waals surface area contributed by atoms with Crippen LogP contribution in [0.15, 0.2) is 83.8 Å². The molecule has 162 valence electrons. The number of hydrogen-bond acceptors (Lipinski definition) is 4. The van der Waals surface area contributed by atoms with Crippen molar-refractivity contribution in [1.29, 1.82) is 0 Å². The Morgan fingerprint density at radius 1 is 0.968 bits per heavy atom. The van der Waals surface area contributed by atoms with Crippen LogP contribution in [0.2, 0.25) is 0 Å². The molecule has 0 bridgehead atoms. The summed E-state index contributed by atoms with van der Waals surface area (Å²) in [6.07, 6.45) is 0. The number of carbonyl (C=O) groups excluding carboxylic acids is 1. The highest BCUT2D eigenvalue weighted by atomic mass is 32.2. The van der Waals surface area contributed by atoms with Crippen LogP contribution in [0.5, 0.6) is 5.75 Å². The molecule has 3 rings (SSSR count). The molecule has 0 aromatic heterocycles. The van der Waals surface area contributed by atoms with Gasteiger partial charge in [0.05, 0.1) is 16.6 Å². The number of anilines is 1. The predicted octanol–water partition coefficient (Wildman–Crippen LogP) is 4.02. The number of sulfonamides is 1. The van der Waals surface area contributed by atoms with Crippen LogP contribution in [0.1, 0.15) is 22.8 Å². The van der Waals surface area contributed by atoms with Gasteiger partial charge in [-0.05, 0) is 62.4 Å². The monoisotopic (exact) mass is 438 g/mol. The minimum absolute atomic E-state index is 0.199. The first-order valence-corrected chi connectivity index (χ1v) is 11.4. The highest BCUT2D eigenvalue weighted by Crippen LogP contribution is 2.22. The summed E-state index contributed by atoms with van der Waals surface area (Å²) in [7, 11) is -2.18. The lowest BCUT2D eigenvalue weighted by Crippen LogP contribution is -2.36. The SMILES string of the molecule is Cc1ccc(OCC(C)NC(=O)c2ccc(N(C)S(=O)(=O)c3ccccc3)cc2)cc1. The molecule has 0 aliphatic rings. The summed E-state index contributed by atoms with van der Waals surface area (Å²) in [5.41, 5.74) is 2.06. The minimum atomic E-state index is -3.66. The lowest BCUT2D eigenvalue weighted by molar-refractivity contribution is 0.0926. The Balaban J connectivity index is 1.60. The number of aryl methyl sites for hydroxylation is 1. The van der Waals surface area contributed by atoms with Crippen molar-refractivity contribution in [2.24, 2.45) is 0 Å². The average molecular weight is 439 g/mol. The summed E-state index contributed by atoms with van der Waals surface area (Å²) in [5, 5.41) is 2.89. The van der Waals surface area contributed by atoms with Crippen LogP contribution in [-0.2, 0) is 10.0 Å². The molecule has 0 saturated heterocycles. The summed E-state index contributed by atoms with van der Waals surface area (Å²) >= 11 is 0. The minimum Gasteiger partial charge on any atom is -0.491 e. The number of carbonyl (C=O) groups is 1. The molecule has 0 aliphatic carbocycles. The van der Waals surface area contributed by atoms with E-state index < -0.39 is 10.0 Å². The fourth-order valence-electron chi connectivity index (χ4n) is 2.92. The van der Waals surface area contributed by atoms with Gasteiger partial charge in [0.25, 0.3) is 15.9 Å². The molecule has 1 atom stereocenters. The molecule has 1 N–H and O–H groups in total. The molecule has 3 aromatic rings. The van der Waals surface area contributed by atoms with Crippen LogP contribution in [0.25, 0.3) is 0 Å². The third-order valence-corrected chi connectivity index (χ3v) is 6.59. The largest absolute Gasteiger partial charge is 0.491 e. The van der Waals surface area contributed by atoms with E-state index in [1.165, 1.54) is 11.4 Å². The third-order valence-electron chi connectivity index (χ3n) is 4.79. The second-order valence-corrected chi connectivity index (χ2v) is 9.30. The maximum absolute atomic E-state index is 12.7. The van der Waals surface area contributed by atoms with Crippen molar-refractivity contribution < 1.29 is 17.9 Å². The van der Waals surface area contributed by atoms with E-state index >= 15 is 0 Å². The molecule has 0 spiro atoms. The zero-order valence-electron chi connectivity index (χ0n) is 17.8. The van der Waals surface area contributed by atoms with E-state index in [9.17, 15) is 13.2 Å². The zero-order chi connectivity index (χ0) is 22.4. The summed E-state index contributed by atoms with van der Waals surface area (Å²) in [6.45, 7) is 4.21. The van der Waals surface area contributed by atoms with Crippen molar-refractivity contribution in [1.82, 2.24) is 5.32 Å². The first kappa shape index (κ1) is 22.4. The van der Waals surface area contributed by atoms with E-state index in [2.05, 4.69) is 5.32 Å². The number of benzene rings is 3. The second kappa shape index (κ2) is 9.66. The van der Waals surface area contributed by atoms with Gasteiger partial charge < -0.3 is 10.1 Å². The van der Waals surface area contributed by atoms with E-state index in [-0.39, 0.29) is 16.8 Å². The van der Waals surface area contributed by atoms with Crippen molar-refractivity contribution in [2.45, 2.75) is 24.8 Å². The molecule has 0 heterocycles. The topological polar surface area (TPSA) is 75.7 Å². The molecular formula is C24H26N2O4S. The van der Waals surface area contributed by atoms with Crippen LogP contribution in [0, 0.1) is 6.92 Å². The Kier molecular flexibility index (Phi) is 6.97. The maximum Gasteiger partial charge on any atom is 0.264 e. The van der Waals surface area contributed by atoms with E-state index in [0.29, 0.717) is 17.9 Å². The van der Waals surface area contributed by atoms with E-state index in [1.807, 2.05) is 38.1 Å². The number of rotatable bonds is 8. The summed E-state index contributed by atoms with van der Waals surface area (Å²) in [4.78, 5) is 12.7. The Hall–Kier alpha value is -3.32. The second-order valence-electron chi connectivity index (χ2n) is 7.33. The summed E-state index contributed by atoms with van der Waals surface area (Å²) in [6, 6.07) is 22.2. The fourth-order valence-corrected chi connectivity index (χ4v) is 4.13. The van der Waals surface area contributed by atoms with Gasteiger partial charge in [0.15, 0.2) is 0 Å². The molecule has 0 radical (unpaired) electrons. The molecule has 0 saturated carbocycles. The predicted molar refractivity (Wildman–Crippen MR) is 122 cm³/mol. The lowest BCUT2D eigenvalue weighted by atomic mass is 10.2. The number of hydrogen-bond donors (Lipinski definition) is 1. The van der Waals surface area contributed by atoms with Crippen molar-refractivity contribution in [3.05, 3.63) is 90.0 Å². The van der Waals surface area contributed by atoms with Crippen molar-refractivity contribution >= 4 is 21.6 Å². The highest BCUT2D eigenvalue weighted by Gasteiger charge is 2.21. The normalized spacial score (nSPS) is 12.1. The Morgan fingerprint density at radius 3 is 2.19 bits per heavy atom. The maximum atomic E-state index is 12.7. The molecule has 0 aliphatic heterocycles. The van der Waals surface area contributed by atoms with Crippen LogP contribution >= 0.6 is 0 Å². The Labute approximate surface area is 183 Å². The summed E-state index contributed by atoms with van der Waals surface area (Å²) in [5.74, 6) is 0.499. The van der Waals surface area contributed by atoms with Crippen LogP contribution in [0.3, 0.4) is 0 Å². The number of nitrogens with one attached hydrogen (secondary N) is 1. The Bertz CT molecular complexity index is 1110. The van der Waals surface area contributed by atoms with Crippen molar-refractivity contribution in [2.75, 3.05) is 18.0 Å².